The highest BCUT2D eigenvalue weighted by Crippen LogP contribution is 2.38. The number of alkyl halides is 1. The molecule has 18 heavy (non-hydrogen) atoms. The molecule has 0 bridgehead atoms. The summed E-state index contributed by atoms with van der Waals surface area (Å²) in [5, 5.41) is -0.111. The van der Waals surface area contributed by atoms with Crippen LogP contribution in [0, 0.1) is 0 Å². The van der Waals surface area contributed by atoms with E-state index in [1.807, 2.05) is 25.1 Å². The Balaban J connectivity index is 2.39. The Labute approximate surface area is 124 Å². The SMILES string of the molecule is CCOc1ccc(Br)cc1C(Cl)c1ccc(Cl)o1. The Morgan fingerprint density at radius 2 is 2.11 bits per heavy atom. The number of hydrogen-bond donors (Lipinski definition) is 0. The standard InChI is InChI=1S/C13H11BrCl2O2/c1-2-17-10-4-3-8(14)7-9(10)13(16)11-5-6-12(15)18-11/h3-7,13H,2H2,1H3. The van der Waals surface area contributed by atoms with Crippen molar-refractivity contribution in [2.45, 2.75) is 12.3 Å². The minimum atomic E-state index is -0.434. The smallest absolute Gasteiger partial charge is 0.193 e. The minimum Gasteiger partial charge on any atom is -0.494 e. The van der Waals surface area contributed by atoms with Crippen LogP contribution in [0.1, 0.15) is 23.6 Å². The molecule has 1 heterocycles. The number of benzene rings is 1. The third-order valence-corrected chi connectivity index (χ3v) is 3.54. The molecule has 0 N–H and O–H groups in total. The summed E-state index contributed by atoms with van der Waals surface area (Å²) in [6.45, 7) is 2.51. The second-order valence-electron chi connectivity index (χ2n) is 3.62. The fourth-order valence-corrected chi connectivity index (χ4v) is 2.44. The summed E-state index contributed by atoms with van der Waals surface area (Å²) in [5.74, 6) is 1.34. The van der Waals surface area contributed by atoms with Crippen molar-refractivity contribution < 1.29 is 9.15 Å². The fraction of sp³-hybridized carbons (Fsp3) is 0.231. The molecule has 0 amide bonds. The number of furan rings is 1. The van der Waals surface area contributed by atoms with Gasteiger partial charge in [-0.25, -0.2) is 0 Å². The van der Waals surface area contributed by atoms with Gasteiger partial charge in [0.2, 0.25) is 0 Å². The Morgan fingerprint density at radius 1 is 1.33 bits per heavy atom. The van der Waals surface area contributed by atoms with E-state index in [0.29, 0.717) is 17.6 Å². The number of rotatable bonds is 4. The Kier molecular flexibility index (Phi) is 4.60. The molecule has 0 fully saturated rings. The third-order valence-electron chi connectivity index (χ3n) is 2.39. The first-order valence-electron chi connectivity index (χ1n) is 5.43. The topological polar surface area (TPSA) is 22.4 Å². The molecule has 5 heteroatoms. The van der Waals surface area contributed by atoms with E-state index in [-0.39, 0.29) is 0 Å². The van der Waals surface area contributed by atoms with Crippen LogP contribution in [0.5, 0.6) is 5.75 Å². The van der Waals surface area contributed by atoms with Crippen molar-refractivity contribution in [3.8, 4) is 5.75 Å². The van der Waals surface area contributed by atoms with Gasteiger partial charge >= 0.3 is 0 Å². The molecule has 2 nitrogen and oxygen atoms in total. The van der Waals surface area contributed by atoms with Gasteiger partial charge in [-0.1, -0.05) is 15.9 Å². The van der Waals surface area contributed by atoms with Gasteiger partial charge in [0.15, 0.2) is 5.22 Å². The molecule has 96 valence electrons. The van der Waals surface area contributed by atoms with Crippen LogP contribution in [0.2, 0.25) is 5.22 Å². The lowest BCUT2D eigenvalue weighted by Gasteiger charge is -2.13. The summed E-state index contributed by atoms with van der Waals surface area (Å²) in [7, 11) is 0. The van der Waals surface area contributed by atoms with Crippen molar-refractivity contribution in [1.29, 1.82) is 0 Å². The van der Waals surface area contributed by atoms with E-state index in [0.717, 1.165) is 15.8 Å². The molecular formula is C13H11BrCl2O2. The zero-order valence-electron chi connectivity index (χ0n) is 9.62. The molecule has 0 saturated carbocycles. The van der Waals surface area contributed by atoms with E-state index >= 15 is 0 Å². The average Bonchev–Trinajstić information content (AvgIpc) is 2.77. The van der Waals surface area contributed by atoms with Crippen molar-refractivity contribution in [2.75, 3.05) is 6.61 Å². The maximum Gasteiger partial charge on any atom is 0.193 e. The van der Waals surface area contributed by atoms with E-state index in [1.54, 1.807) is 12.1 Å². The van der Waals surface area contributed by atoms with Crippen molar-refractivity contribution in [2.24, 2.45) is 0 Å². The molecule has 0 aliphatic heterocycles. The van der Waals surface area contributed by atoms with E-state index < -0.39 is 5.38 Å². The maximum absolute atomic E-state index is 6.40. The quantitative estimate of drug-likeness (QED) is 0.687. The molecule has 1 atom stereocenters. The Morgan fingerprint density at radius 3 is 2.72 bits per heavy atom. The van der Waals surface area contributed by atoms with Crippen molar-refractivity contribution in [3.05, 3.63) is 51.3 Å². The monoisotopic (exact) mass is 348 g/mol. The first-order valence-corrected chi connectivity index (χ1v) is 7.04. The highest BCUT2D eigenvalue weighted by atomic mass is 79.9. The largest absolute Gasteiger partial charge is 0.494 e. The highest BCUT2D eigenvalue weighted by molar-refractivity contribution is 9.10. The summed E-state index contributed by atoms with van der Waals surface area (Å²) in [6, 6.07) is 9.14. The van der Waals surface area contributed by atoms with E-state index in [1.165, 1.54) is 0 Å². The van der Waals surface area contributed by atoms with Crippen LogP contribution < -0.4 is 4.74 Å². The summed E-state index contributed by atoms with van der Waals surface area (Å²) >= 11 is 15.6. The molecule has 0 spiro atoms. The average molecular weight is 350 g/mol. The molecule has 0 saturated heterocycles. The van der Waals surface area contributed by atoms with Crippen molar-refractivity contribution >= 4 is 39.1 Å². The lowest BCUT2D eigenvalue weighted by atomic mass is 10.1. The van der Waals surface area contributed by atoms with Crippen LogP contribution in [-0.2, 0) is 0 Å². The normalized spacial score (nSPS) is 12.4. The number of halogens is 3. The first-order chi connectivity index (χ1) is 8.61. The van der Waals surface area contributed by atoms with Crippen LogP contribution in [0.4, 0.5) is 0 Å². The van der Waals surface area contributed by atoms with Gasteiger partial charge in [-0.3, -0.25) is 0 Å². The van der Waals surface area contributed by atoms with Crippen molar-refractivity contribution in [1.82, 2.24) is 0 Å². The fourth-order valence-electron chi connectivity index (χ4n) is 1.62. The van der Waals surface area contributed by atoms with E-state index in [4.69, 9.17) is 32.4 Å². The second-order valence-corrected chi connectivity index (χ2v) is 5.34. The molecule has 1 aromatic carbocycles. The number of ether oxygens (including phenoxy) is 1. The molecular weight excluding hydrogens is 339 g/mol. The van der Waals surface area contributed by atoms with Gasteiger partial charge in [0, 0.05) is 10.0 Å². The molecule has 2 rings (SSSR count). The van der Waals surface area contributed by atoms with Crippen LogP contribution in [-0.4, -0.2) is 6.61 Å². The van der Waals surface area contributed by atoms with Gasteiger partial charge < -0.3 is 9.15 Å². The van der Waals surface area contributed by atoms with Crippen LogP contribution in [0.3, 0.4) is 0 Å². The Bertz CT molecular complexity index is 540. The predicted octanol–water partition coefficient (Wildman–Crippen LogP) is 5.42. The molecule has 2 aromatic rings. The van der Waals surface area contributed by atoms with Gasteiger partial charge in [-0.2, -0.15) is 0 Å². The van der Waals surface area contributed by atoms with Gasteiger partial charge in [0.05, 0.1) is 6.61 Å². The first kappa shape index (κ1) is 13.8. The summed E-state index contributed by atoms with van der Waals surface area (Å²) in [6.07, 6.45) is 0. The minimum absolute atomic E-state index is 0.323. The van der Waals surface area contributed by atoms with Crippen LogP contribution in [0.25, 0.3) is 0 Å². The summed E-state index contributed by atoms with van der Waals surface area (Å²) in [5.41, 5.74) is 0.846. The molecule has 0 radical (unpaired) electrons. The van der Waals surface area contributed by atoms with Crippen LogP contribution >= 0.6 is 39.1 Å². The second kappa shape index (κ2) is 6.00. The molecule has 1 unspecified atom stereocenters. The zero-order chi connectivity index (χ0) is 13.1. The maximum atomic E-state index is 6.40. The third kappa shape index (κ3) is 3.02. The summed E-state index contributed by atoms with van der Waals surface area (Å²) in [4.78, 5) is 0. The van der Waals surface area contributed by atoms with Gasteiger partial charge in [0.1, 0.15) is 16.9 Å². The van der Waals surface area contributed by atoms with E-state index in [2.05, 4.69) is 15.9 Å². The lowest BCUT2D eigenvalue weighted by molar-refractivity contribution is 0.336. The molecule has 0 aliphatic carbocycles. The molecule has 0 aliphatic rings. The lowest BCUT2D eigenvalue weighted by Crippen LogP contribution is -1.99. The molecule has 1 aromatic heterocycles. The predicted molar refractivity (Wildman–Crippen MR) is 76.7 cm³/mol. The summed E-state index contributed by atoms with van der Waals surface area (Å²) < 4.78 is 11.8. The Hall–Kier alpha value is -0.640. The van der Waals surface area contributed by atoms with Gasteiger partial charge in [0.25, 0.3) is 0 Å². The van der Waals surface area contributed by atoms with Gasteiger partial charge in [-0.05, 0) is 48.9 Å². The van der Waals surface area contributed by atoms with Crippen molar-refractivity contribution in [3.63, 3.8) is 0 Å². The highest BCUT2D eigenvalue weighted by Gasteiger charge is 2.19. The van der Waals surface area contributed by atoms with Gasteiger partial charge in [-0.15, -0.1) is 11.6 Å². The van der Waals surface area contributed by atoms with E-state index in [9.17, 15) is 0 Å². The van der Waals surface area contributed by atoms with Crippen LogP contribution in [0.15, 0.2) is 39.2 Å². The zero-order valence-corrected chi connectivity index (χ0v) is 12.7. The number of hydrogen-bond acceptors (Lipinski definition) is 2.